The van der Waals surface area contributed by atoms with E-state index in [9.17, 15) is 4.39 Å². The first-order valence-electron chi connectivity index (χ1n) is 10.3. The Morgan fingerprint density at radius 2 is 1.56 bits per heavy atom. The second kappa shape index (κ2) is 11.1. The van der Waals surface area contributed by atoms with Crippen LogP contribution in [0.4, 0.5) is 10.1 Å². The summed E-state index contributed by atoms with van der Waals surface area (Å²) in [5, 5.41) is 0. The molecular formula is C24H36FN2+. The van der Waals surface area contributed by atoms with Crippen molar-refractivity contribution in [3.63, 3.8) is 0 Å². The highest BCUT2D eigenvalue weighted by Crippen LogP contribution is 2.30. The molecule has 3 heteroatoms. The molecule has 0 amide bonds. The van der Waals surface area contributed by atoms with E-state index in [1.807, 2.05) is 36.1 Å². The van der Waals surface area contributed by atoms with Gasteiger partial charge in [0.2, 0.25) is 0 Å². The fraction of sp³-hybridized carbons (Fsp3) is 0.500. The molecule has 0 aromatic heterocycles. The Labute approximate surface area is 165 Å². The number of rotatable bonds is 7. The van der Waals surface area contributed by atoms with Crippen molar-refractivity contribution in [3.8, 4) is 0 Å². The molecule has 1 aliphatic rings. The lowest BCUT2D eigenvalue weighted by Crippen LogP contribution is -3.05. The summed E-state index contributed by atoms with van der Waals surface area (Å²) in [5.74, 6) is 0. The first kappa shape index (κ1) is 21.4. The summed E-state index contributed by atoms with van der Waals surface area (Å²) in [6.45, 7) is 5.18. The fourth-order valence-electron chi connectivity index (χ4n) is 3.73. The van der Waals surface area contributed by atoms with Crippen LogP contribution in [-0.2, 0) is 12.8 Å². The number of quaternary nitrogens is 1. The van der Waals surface area contributed by atoms with Gasteiger partial charge in [0.05, 0.1) is 20.6 Å². The standard InChI is InChI=1S/C17H18FN.C7H17N/c1-13-6-2-5-9-17(13)19(12-18)16-10-14-7-3-4-8-15(14)11-16;1-4-5-6-7-8(2)3/h2-9,16H,10-12H2,1H3;4-7H2,1-3H3/p+1. The van der Waals surface area contributed by atoms with Crippen LogP contribution in [0.5, 0.6) is 0 Å². The highest BCUT2D eigenvalue weighted by Gasteiger charge is 2.27. The average molecular weight is 372 g/mol. The maximum absolute atomic E-state index is 13.5. The zero-order chi connectivity index (χ0) is 19.6. The second-order valence-electron chi connectivity index (χ2n) is 7.87. The van der Waals surface area contributed by atoms with Crippen molar-refractivity contribution in [2.24, 2.45) is 0 Å². The zero-order valence-corrected chi connectivity index (χ0v) is 17.5. The number of fused-ring (bicyclic) bond motifs is 1. The Morgan fingerprint density at radius 1 is 0.963 bits per heavy atom. The molecule has 0 saturated heterocycles. The third kappa shape index (κ3) is 6.35. The lowest BCUT2D eigenvalue weighted by atomic mass is 10.1. The summed E-state index contributed by atoms with van der Waals surface area (Å²) < 4.78 is 13.5. The van der Waals surface area contributed by atoms with E-state index in [2.05, 4.69) is 45.3 Å². The Kier molecular flexibility index (Phi) is 8.80. The molecule has 148 valence electrons. The van der Waals surface area contributed by atoms with Crippen LogP contribution in [0.15, 0.2) is 48.5 Å². The minimum Gasteiger partial charge on any atom is -0.340 e. The molecule has 0 radical (unpaired) electrons. The molecule has 2 aromatic carbocycles. The first-order valence-corrected chi connectivity index (χ1v) is 10.3. The molecule has 0 heterocycles. The molecule has 0 saturated carbocycles. The van der Waals surface area contributed by atoms with Gasteiger partial charge in [0.15, 0.2) is 6.80 Å². The molecule has 2 nitrogen and oxygen atoms in total. The lowest BCUT2D eigenvalue weighted by Gasteiger charge is -2.29. The van der Waals surface area contributed by atoms with E-state index in [-0.39, 0.29) is 6.04 Å². The van der Waals surface area contributed by atoms with E-state index in [0.29, 0.717) is 0 Å². The summed E-state index contributed by atoms with van der Waals surface area (Å²) in [7, 11) is 4.41. The van der Waals surface area contributed by atoms with Crippen molar-refractivity contribution < 1.29 is 9.29 Å². The van der Waals surface area contributed by atoms with Crippen LogP contribution < -0.4 is 9.80 Å². The van der Waals surface area contributed by atoms with Gasteiger partial charge in [-0.05, 0) is 55.4 Å². The molecule has 0 atom stereocenters. The summed E-state index contributed by atoms with van der Waals surface area (Å²) in [6, 6.07) is 16.7. The SMILES string of the molecule is CCCCC[NH+](C)C.Cc1ccccc1N(CF)C1Cc2ccccc2C1. The minimum absolute atomic E-state index is 0.239. The van der Waals surface area contributed by atoms with Gasteiger partial charge in [-0.25, -0.2) is 4.39 Å². The van der Waals surface area contributed by atoms with Crippen LogP contribution in [0, 0.1) is 6.92 Å². The molecule has 2 aromatic rings. The topological polar surface area (TPSA) is 7.68 Å². The highest BCUT2D eigenvalue weighted by atomic mass is 19.1. The van der Waals surface area contributed by atoms with Gasteiger partial charge in [0.1, 0.15) is 0 Å². The van der Waals surface area contributed by atoms with Gasteiger partial charge < -0.3 is 9.80 Å². The quantitative estimate of drug-likeness (QED) is 0.566. The van der Waals surface area contributed by atoms with E-state index >= 15 is 0 Å². The van der Waals surface area contributed by atoms with Gasteiger partial charge in [0.25, 0.3) is 0 Å². The Hall–Kier alpha value is -1.87. The number of nitrogens with one attached hydrogen (secondary N) is 1. The van der Waals surface area contributed by atoms with Crippen LogP contribution in [0.25, 0.3) is 0 Å². The van der Waals surface area contributed by atoms with Crippen molar-refractivity contribution in [1.82, 2.24) is 0 Å². The van der Waals surface area contributed by atoms with Crippen molar-refractivity contribution >= 4 is 5.69 Å². The first-order chi connectivity index (χ1) is 13.1. The van der Waals surface area contributed by atoms with Gasteiger partial charge in [-0.15, -0.1) is 0 Å². The molecule has 0 aliphatic heterocycles. The number of alkyl halides is 1. The number of anilines is 1. The third-order valence-electron chi connectivity index (χ3n) is 5.30. The molecule has 0 bridgehead atoms. The van der Waals surface area contributed by atoms with Gasteiger partial charge >= 0.3 is 0 Å². The maximum atomic E-state index is 13.5. The number of unbranched alkanes of at least 4 members (excludes halogenated alkanes) is 2. The maximum Gasteiger partial charge on any atom is 0.162 e. The molecule has 1 N–H and O–H groups in total. The van der Waals surface area contributed by atoms with Gasteiger partial charge in [-0.3, -0.25) is 0 Å². The molecule has 0 unspecified atom stereocenters. The van der Waals surface area contributed by atoms with Gasteiger partial charge in [0, 0.05) is 11.7 Å². The molecular weight excluding hydrogens is 335 g/mol. The van der Waals surface area contributed by atoms with Gasteiger partial charge in [-0.2, -0.15) is 0 Å². The number of hydrogen-bond acceptors (Lipinski definition) is 1. The van der Waals surface area contributed by atoms with E-state index in [0.717, 1.165) is 24.1 Å². The van der Waals surface area contributed by atoms with Crippen molar-refractivity contribution in [2.45, 2.75) is 52.0 Å². The summed E-state index contributed by atoms with van der Waals surface area (Å²) in [4.78, 5) is 3.47. The Morgan fingerprint density at radius 3 is 2.07 bits per heavy atom. The van der Waals surface area contributed by atoms with E-state index in [1.165, 1.54) is 36.9 Å². The molecule has 0 spiro atoms. The third-order valence-corrected chi connectivity index (χ3v) is 5.30. The van der Waals surface area contributed by atoms with E-state index in [4.69, 9.17) is 0 Å². The smallest absolute Gasteiger partial charge is 0.162 e. The fourth-order valence-corrected chi connectivity index (χ4v) is 3.73. The number of hydrogen-bond donors (Lipinski definition) is 1. The van der Waals surface area contributed by atoms with Crippen LogP contribution in [0.3, 0.4) is 0 Å². The predicted octanol–water partition coefficient (Wildman–Crippen LogP) is 4.22. The Bertz CT molecular complexity index is 659. The van der Waals surface area contributed by atoms with Crippen LogP contribution >= 0.6 is 0 Å². The molecule has 27 heavy (non-hydrogen) atoms. The summed E-state index contributed by atoms with van der Waals surface area (Å²) >= 11 is 0. The monoisotopic (exact) mass is 371 g/mol. The lowest BCUT2D eigenvalue weighted by molar-refractivity contribution is -0.858. The predicted molar refractivity (Wildman–Crippen MR) is 114 cm³/mol. The number of nitrogens with zero attached hydrogens (tertiary/aromatic N) is 1. The average Bonchev–Trinajstić information content (AvgIpc) is 3.08. The largest absolute Gasteiger partial charge is 0.340 e. The normalized spacial score (nSPS) is 13.3. The van der Waals surface area contributed by atoms with E-state index in [1.54, 1.807) is 4.90 Å². The summed E-state index contributed by atoms with van der Waals surface area (Å²) in [5.41, 5.74) is 4.87. The molecule has 0 fully saturated rings. The number of aryl methyl sites for hydroxylation is 1. The number of benzene rings is 2. The van der Waals surface area contributed by atoms with E-state index < -0.39 is 6.80 Å². The van der Waals surface area contributed by atoms with Crippen molar-refractivity contribution in [1.29, 1.82) is 0 Å². The van der Waals surface area contributed by atoms with Crippen LogP contribution in [-0.4, -0.2) is 33.5 Å². The van der Waals surface area contributed by atoms with Crippen LogP contribution in [0.1, 0.15) is 42.9 Å². The number of para-hydroxylation sites is 1. The minimum atomic E-state index is -0.427. The van der Waals surface area contributed by atoms with Crippen molar-refractivity contribution in [3.05, 3.63) is 65.2 Å². The van der Waals surface area contributed by atoms with Crippen molar-refractivity contribution in [2.75, 3.05) is 32.3 Å². The number of halogens is 1. The summed E-state index contributed by atoms with van der Waals surface area (Å²) in [6.07, 6.45) is 6.00. The zero-order valence-electron chi connectivity index (χ0n) is 17.5. The Balaban J connectivity index is 0.000000279. The molecule has 1 aliphatic carbocycles. The molecule has 3 rings (SSSR count). The van der Waals surface area contributed by atoms with Crippen LogP contribution in [0.2, 0.25) is 0 Å². The van der Waals surface area contributed by atoms with Gasteiger partial charge in [-0.1, -0.05) is 55.8 Å². The highest BCUT2D eigenvalue weighted by molar-refractivity contribution is 5.55. The second-order valence-corrected chi connectivity index (χ2v) is 7.87.